The molecule has 84 valence electrons. The number of carbonyl (C=O) groups excluding carboxylic acids is 1. The van der Waals surface area contributed by atoms with E-state index in [-0.39, 0.29) is 12.4 Å². The summed E-state index contributed by atoms with van der Waals surface area (Å²) < 4.78 is 0. The molecule has 0 aliphatic rings. The Morgan fingerprint density at radius 1 is 1.31 bits per heavy atom. The van der Waals surface area contributed by atoms with Crippen LogP contribution in [0.1, 0.15) is 5.69 Å². The van der Waals surface area contributed by atoms with Crippen LogP contribution in [0.3, 0.4) is 0 Å². The zero-order valence-electron chi connectivity index (χ0n) is 8.64. The fraction of sp³-hybridized carbons (Fsp3) is 0.0909. The average molecular weight is 255 g/mol. The summed E-state index contributed by atoms with van der Waals surface area (Å²) in [6.45, 7) is 1.99. The van der Waals surface area contributed by atoms with Crippen LogP contribution >= 0.6 is 23.7 Å². The van der Waals surface area contributed by atoms with E-state index >= 15 is 0 Å². The lowest BCUT2D eigenvalue weighted by Crippen LogP contribution is -1.92. The lowest BCUT2D eigenvalue weighted by molar-refractivity contribution is -0.105. The number of thiazole rings is 1. The molecule has 0 radical (unpaired) electrons. The summed E-state index contributed by atoms with van der Waals surface area (Å²) in [5.74, 6) is 0. The van der Waals surface area contributed by atoms with Gasteiger partial charge in [-0.25, -0.2) is 4.98 Å². The van der Waals surface area contributed by atoms with Gasteiger partial charge in [0, 0.05) is 5.69 Å². The van der Waals surface area contributed by atoms with E-state index in [2.05, 4.69) is 10.3 Å². The van der Waals surface area contributed by atoms with Gasteiger partial charge in [0.05, 0.1) is 16.1 Å². The molecule has 1 aromatic carbocycles. The van der Waals surface area contributed by atoms with Crippen LogP contribution < -0.4 is 5.32 Å². The summed E-state index contributed by atoms with van der Waals surface area (Å²) in [6, 6.07) is 7.71. The van der Waals surface area contributed by atoms with Crippen molar-refractivity contribution in [2.75, 3.05) is 5.32 Å². The van der Waals surface area contributed by atoms with Crippen LogP contribution in [-0.4, -0.2) is 11.4 Å². The largest absolute Gasteiger partial charge is 0.329 e. The molecule has 0 aliphatic carbocycles. The minimum absolute atomic E-state index is 0. The summed E-state index contributed by atoms with van der Waals surface area (Å²) in [5.41, 5.74) is 4.81. The molecule has 0 saturated carbocycles. The molecule has 0 bridgehead atoms. The van der Waals surface area contributed by atoms with E-state index in [1.165, 1.54) is 4.88 Å². The van der Waals surface area contributed by atoms with Gasteiger partial charge in [-0.05, 0) is 24.6 Å². The fourth-order valence-electron chi connectivity index (χ4n) is 1.36. The van der Waals surface area contributed by atoms with Crippen LogP contribution in [0.5, 0.6) is 0 Å². The van der Waals surface area contributed by atoms with E-state index in [1.807, 2.05) is 36.7 Å². The van der Waals surface area contributed by atoms with Crippen LogP contribution in [0, 0.1) is 6.92 Å². The highest BCUT2D eigenvalue weighted by Gasteiger charge is 2.03. The summed E-state index contributed by atoms with van der Waals surface area (Å²) in [6.07, 6.45) is 0.674. The van der Waals surface area contributed by atoms with Gasteiger partial charge in [0.25, 0.3) is 0 Å². The topological polar surface area (TPSA) is 42.0 Å². The van der Waals surface area contributed by atoms with Gasteiger partial charge in [-0.2, -0.15) is 0 Å². The molecule has 0 saturated heterocycles. The number of halogens is 1. The first-order chi connectivity index (χ1) is 7.31. The maximum Gasteiger partial charge on any atom is 0.211 e. The predicted octanol–water partition coefficient (Wildman–Crippen LogP) is 3.11. The van der Waals surface area contributed by atoms with E-state index in [1.54, 1.807) is 11.3 Å². The molecule has 0 fully saturated rings. The molecule has 0 aliphatic heterocycles. The molecule has 1 aromatic heterocycles. The normalized spacial score (nSPS) is 9.31. The van der Waals surface area contributed by atoms with Crippen molar-refractivity contribution in [2.45, 2.75) is 6.92 Å². The lowest BCUT2D eigenvalue weighted by Gasteiger charge is -2.01. The van der Waals surface area contributed by atoms with Crippen LogP contribution in [0.15, 0.2) is 29.8 Å². The van der Waals surface area contributed by atoms with Gasteiger partial charge in [-0.1, -0.05) is 12.1 Å². The summed E-state index contributed by atoms with van der Waals surface area (Å²) in [7, 11) is 0. The average Bonchev–Trinajstić information content (AvgIpc) is 2.66. The Bertz CT molecular complexity index is 467. The third kappa shape index (κ3) is 2.59. The molecule has 3 nitrogen and oxygen atoms in total. The van der Waals surface area contributed by atoms with Gasteiger partial charge >= 0.3 is 0 Å². The molecule has 1 N–H and O–H groups in total. The second kappa shape index (κ2) is 5.63. The first-order valence-corrected chi connectivity index (χ1v) is 5.40. The summed E-state index contributed by atoms with van der Waals surface area (Å²) >= 11 is 1.62. The Morgan fingerprint density at radius 3 is 2.50 bits per heavy atom. The number of nitrogens with one attached hydrogen (secondary N) is 1. The molecular formula is C11H11ClN2OS. The minimum Gasteiger partial charge on any atom is -0.329 e. The molecule has 5 heteroatoms. The molecule has 2 aromatic rings. The van der Waals surface area contributed by atoms with Gasteiger partial charge in [0.2, 0.25) is 6.41 Å². The minimum atomic E-state index is 0. The van der Waals surface area contributed by atoms with Crippen molar-refractivity contribution in [3.63, 3.8) is 0 Å². The lowest BCUT2D eigenvalue weighted by atomic mass is 10.1. The number of anilines is 1. The number of nitrogens with zero attached hydrogens (tertiary/aromatic N) is 1. The molecule has 2 rings (SSSR count). The maximum absolute atomic E-state index is 10.2. The summed E-state index contributed by atoms with van der Waals surface area (Å²) in [5, 5.41) is 2.60. The van der Waals surface area contributed by atoms with E-state index in [4.69, 9.17) is 0 Å². The number of aromatic nitrogens is 1. The first kappa shape index (κ1) is 12.7. The number of hydrogen-bond acceptors (Lipinski definition) is 3. The number of amides is 1. The Morgan fingerprint density at radius 2 is 2.00 bits per heavy atom. The standard InChI is InChI=1S/C11H10N2OS.ClH/c1-8-11(15-7-13-8)9-2-4-10(5-3-9)12-6-14;/h2-7H,1H3,(H,12,14);1H. The van der Waals surface area contributed by atoms with Gasteiger partial charge < -0.3 is 5.32 Å². The molecule has 0 atom stereocenters. The highest BCUT2D eigenvalue weighted by Crippen LogP contribution is 2.27. The molecule has 0 spiro atoms. The Kier molecular flexibility index (Phi) is 4.46. The predicted molar refractivity (Wildman–Crippen MR) is 69.2 cm³/mol. The van der Waals surface area contributed by atoms with E-state index in [0.29, 0.717) is 6.41 Å². The van der Waals surface area contributed by atoms with Crippen molar-refractivity contribution >= 4 is 35.8 Å². The molecule has 0 unspecified atom stereocenters. The zero-order chi connectivity index (χ0) is 10.7. The first-order valence-electron chi connectivity index (χ1n) is 4.52. The Hall–Kier alpha value is -1.39. The number of aryl methyl sites for hydroxylation is 1. The third-order valence-corrected chi connectivity index (χ3v) is 3.10. The van der Waals surface area contributed by atoms with E-state index in [0.717, 1.165) is 16.9 Å². The highest BCUT2D eigenvalue weighted by molar-refractivity contribution is 7.13. The van der Waals surface area contributed by atoms with E-state index < -0.39 is 0 Å². The molecule has 1 heterocycles. The monoisotopic (exact) mass is 254 g/mol. The second-order valence-corrected chi connectivity index (χ2v) is 3.96. The van der Waals surface area contributed by atoms with Crippen LogP contribution in [0.2, 0.25) is 0 Å². The summed E-state index contributed by atoms with van der Waals surface area (Å²) in [4.78, 5) is 15.6. The van der Waals surface area contributed by atoms with Crippen molar-refractivity contribution in [3.8, 4) is 10.4 Å². The van der Waals surface area contributed by atoms with Crippen LogP contribution in [0.4, 0.5) is 5.69 Å². The van der Waals surface area contributed by atoms with Crippen LogP contribution in [0.25, 0.3) is 10.4 Å². The van der Waals surface area contributed by atoms with Crippen molar-refractivity contribution in [1.29, 1.82) is 0 Å². The van der Waals surface area contributed by atoms with Gasteiger partial charge in [0.1, 0.15) is 0 Å². The van der Waals surface area contributed by atoms with Gasteiger partial charge in [0.15, 0.2) is 0 Å². The van der Waals surface area contributed by atoms with Crippen molar-refractivity contribution in [3.05, 3.63) is 35.5 Å². The van der Waals surface area contributed by atoms with Crippen molar-refractivity contribution < 1.29 is 4.79 Å². The number of rotatable bonds is 3. The highest BCUT2D eigenvalue weighted by atomic mass is 35.5. The van der Waals surface area contributed by atoms with Crippen LogP contribution in [-0.2, 0) is 4.79 Å². The Balaban J connectivity index is 0.00000128. The van der Waals surface area contributed by atoms with Crippen molar-refractivity contribution in [1.82, 2.24) is 4.98 Å². The zero-order valence-corrected chi connectivity index (χ0v) is 10.3. The number of benzene rings is 1. The van der Waals surface area contributed by atoms with Gasteiger partial charge in [-0.15, -0.1) is 23.7 Å². The quantitative estimate of drug-likeness (QED) is 0.856. The maximum atomic E-state index is 10.2. The molecule has 16 heavy (non-hydrogen) atoms. The molecular weight excluding hydrogens is 244 g/mol. The number of carbonyl (C=O) groups is 1. The fourth-order valence-corrected chi connectivity index (χ4v) is 2.18. The third-order valence-electron chi connectivity index (χ3n) is 2.12. The molecule has 1 amide bonds. The Labute approximate surface area is 104 Å². The second-order valence-electron chi connectivity index (χ2n) is 3.11. The van der Waals surface area contributed by atoms with Crippen molar-refractivity contribution in [2.24, 2.45) is 0 Å². The van der Waals surface area contributed by atoms with Gasteiger partial charge in [-0.3, -0.25) is 4.79 Å². The smallest absolute Gasteiger partial charge is 0.211 e. The SMILES string of the molecule is Cc1ncsc1-c1ccc(NC=O)cc1.Cl. The number of hydrogen-bond donors (Lipinski definition) is 1. The van der Waals surface area contributed by atoms with E-state index in [9.17, 15) is 4.79 Å².